The van der Waals surface area contributed by atoms with Gasteiger partial charge >= 0.3 is 0 Å². The van der Waals surface area contributed by atoms with Crippen molar-refractivity contribution in [1.82, 2.24) is 9.62 Å². The lowest BCUT2D eigenvalue weighted by molar-refractivity contribution is 0.361. The molecular weight excluding hydrogens is 292 g/mol. The first-order valence-electron chi connectivity index (χ1n) is 7.26. The van der Waals surface area contributed by atoms with Crippen LogP contribution in [0.2, 0.25) is 0 Å². The van der Waals surface area contributed by atoms with Gasteiger partial charge in [0, 0.05) is 24.0 Å². The van der Waals surface area contributed by atoms with Gasteiger partial charge in [-0.05, 0) is 37.4 Å². The first-order valence-corrected chi connectivity index (χ1v) is 9.52. The summed E-state index contributed by atoms with van der Waals surface area (Å²) in [5.41, 5.74) is 0. The minimum atomic E-state index is -3.31. The SMILES string of the molecule is CCNCc1ccc(S(=O)(=O)N(CC(C)C)C2CC2)s1. The summed E-state index contributed by atoms with van der Waals surface area (Å²) in [5.74, 6) is 0.353. The normalized spacial score (nSPS) is 16.2. The van der Waals surface area contributed by atoms with Crippen LogP contribution in [-0.2, 0) is 16.6 Å². The Morgan fingerprint density at radius 2 is 2.10 bits per heavy atom. The topological polar surface area (TPSA) is 49.4 Å². The third-order valence-electron chi connectivity index (χ3n) is 3.25. The van der Waals surface area contributed by atoms with Gasteiger partial charge < -0.3 is 5.32 Å². The Balaban J connectivity index is 2.17. The zero-order valence-corrected chi connectivity index (χ0v) is 14.1. The van der Waals surface area contributed by atoms with Gasteiger partial charge in [-0.1, -0.05) is 20.8 Å². The number of hydrogen-bond acceptors (Lipinski definition) is 4. The van der Waals surface area contributed by atoms with Crippen molar-refractivity contribution in [2.24, 2.45) is 5.92 Å². The van der Waals surface area contributed by atoms with Crippen LogP contribution >= 0.6 is 11.3 Å². The van der Waals surface area contributed by atoms with Crippen LogP contribution in [0.15, 0.2) is 16.3 Å². The van der Waals surface area contributed by atoms with Crippen LogP contribution in [-0.4, -0.2) is 31.9 Å². The van der Waals surface area contributed by atoms with Crippen molar-refractivity contribution in [3.05, 3.63) is 17.0 Å². The van der Waals surface area contributed by atoms with E-state index in [9.17, 15) is 8.42 Å². The lowest BCUT2D eigenvalue weighted by atomic mass is 10.2. The number of rotatable bonds is 8. The Morgan fingerprint density at radius 1 is 1.40 bits per heavy atom. The average Bonchev–Trinajstić information content (AvgIpc) is 3.10. The fourth-order valence-electron chi connectivity index (χ4n) is 2.12. The van der Waals surface area contributed by atoms with E-state index < -0.39 is 10.0 Å². The summed E-state index contributed by atoms with van der Waals surface area (Å²) in [4.78, 5) is 1.07. The molecule has 0 amide bonds. The molecule has 1 fully saturated rings. The predicted octanol–water partition coefficient (Wildman–Crippen LogP) is 2.67. The van der Waals surface area contributed by atoms with Crippen LogP contribution in [0.5, 0.6) is 0 Å². The molecule has 0 aromatic carbocycles. The van der Waals surface area contributed by atoms with Crippen LogP contribution in [0.3, 0.4) is 0 Å². The van der Waals surface area contributed by atoms with Crippen molar-refractivity contribution in [1.29, 1.82) is 0 Å². The van der Waals surface area contributed by atoms with Crippen molar-refractivity contribution >= 4 is 21.4 Å². The Bertz CT molecular complexity index is 533. The number of hydrogen-bond donors (Lipinski definition) is 1. The molecule has 1 aromatic heterocycles. The van der Waals surface area contributed by atoms with Crippen molar-refractivity contribution < 1.29 is 8.42 Å². The summed E-state index contributed by atoms with van der Waals surface area (Å²) in [7, 11) is -3.31. The maximum Gasteiger partial charge on any atom is 0.252 e. The quantitative estimate of drug-likeness (QED) is 0.802. The highest BCUT2D eigenvalue weighted by Gasteiger charge is 2.38. The van der Waals surface area contributed by atoms with Gasteiger partial charge in [-0.25, -0.2) is 8.42 Å². The molecule has 1 N–H and O–H groups in total. The van der Waals surface area contributed by atoms with E-state index in [1.165, 1.54) is 11.3 Å². The van der Waals surface area contributed by atoms with Gasteiger partial charge in [-0.3, -0.25) is 0 Å². The number of nitrogens with one attached hydrogen (secondary N) is 1. The molecule has 0 spiro atoms. The summed E-state index contributed by atoms with van der Waals surface area (Å²) < 4.78 is 27.7. The van der Waals surface area contributed by atoms with Crippen molar-refractivity contribution in [2.45, 2.75) is 50.4 Å². The molecule has 1 aliphatic carbocycles. The average molecular weight is 316 g/mol. The fraction of sp³-hybridized carbons (Fsp3) is 0.714. The van der Waals surface area contributed by atoms with Gasteiger partial charge in [-0.2, -0.15) is 4.31 Å². The van der Waals surface area contributed by atoms with Crippen LogP contribution in [0.1, 0.15) is 38.5 Å². The van der Waals surface area contributed by atoms with Gasteiger partial charge in [0.05, 0.1) is 0 Å². The van der Waals surface area contributed by atoms with E-state index in [4.69, 9.17) is 0 Å². The summed E-state index contributed by atoms with van der Waals surface area (Å²) >= 11 is 1.39. The Kier molecular flexibility index (Phi) is 5.23. The van der Waals surface area contributed by atoms with Crippen LogP contribution in [0, 0.1) is 5.92 Å². The molecule has 2 rings (SSSR count). The fourth-order valence-corrected chi connectivity index (χ4v) is 5.42. The molecule has 0 atom stereocenters. The molecule has 0 saturated heterocycles. The lowest BCUT2D eigenvalue weighted by Gasteiger charge is -2.22. The molecule has 0 bridgehead atoms. The molecule has 1 aromatic rings. The van der Waals surface area contributed by atoms with E-state index in [1.54, 1.807) is 10.4 Å². The van der Waals surface area contributed by atoms with E-state index in [-0.39, 0.29) is 6.04 Å². The molecule has 0 aliphatic heterocycles. The number of nitrogens with zero attached hydrogens (tertiary/aromatic N) is 1. The largest absolute Gasteiger partial charge is 0.312 e. The van der Waals surface area contributed by atoms with E-state index in [1.807, 2.05) is 13.0 Å². The number of sulfonamides is 1. The van der Waals surface area contributed by atoms with Gasteiger partial charge in [0.1, 0.15) is 4.21 Å². The predicted molar refractivity (Wildman–Crippen MR) is 83.5 cm³/mol. The molecular formula is C14H24N2O2S2. The standard InChI is InChI=1S/C14H24N2O2S2/c1-4-15-9-13-7-8-14(19-13)20(17,18)16(10-11(2)3)12-5-6-12/h7-8,11-12,15H,4-6,9-10H2,1-3H3. The van der Waals surface area contributed by atoms with E-state index in [0.29, 0.717) is 16.7 Å². The summed E-state index contributed by atoms with van der Waals surface area (Å²) in [6.45, 7) is 8.42. The summed E-state index contributed by atoms with van der Waals surface area (Å²) in [5, 5.41) is 3.23. The molecule has 0 radical (unpaired) electrons. The Hall–Kier alpha value is -0.430. The second kappa shape index (κ2) is 6.56. The third-order valence-corrected chi connectivity index (χ3v) is 6.72. The maximum absolute atomic E-state index is 12.8. The molecule has 114 valence electrons. The highest BCUT2D eigenvalue weighted by atomic mass is 32.2. The van der Waals surface area contributed by atoms with Crippen LogP contribution in [0.4, 0.5) is 0 Å². The Labute approximate surface area is 126 Å². The van der Waals surface area contributed by atoms with E-state index >= 15 is 0 Å². The summed E-state index contributed by atoms with van der Waals surface area (Å²) in [6, 6.07) is 3.89. The molecule has 1 saturated carbocycles. The zero-order valence-electron chi connectivity index (χ0n) is 12.4. The van der Waals surface area contributed by atoms with Gasteiger partial charge in [0.15, 0.2) is 0 Å². The summed E-state index contributed by atoms with van der Waals surface area (Å²) in [6.07, 6.45) is 2.00. The molecule has 1 heterocycles. The monoisotopic (exact) mass is 316 g/mol. The third kappa shape index (κ3) is 3.81. The highest BCUT2D eigenvalue weighted by Crippen LogP contribution is 2.34. The van der Waals surface area contributed by atoms with Crippen LogP contribution in [0.25, 0.3) is 0 Å². The molecule has 20 heavy (non-hydrogen) atoms. The van der Waals surface area contributed by atoms with Crippen molar-refractivity contribution in [2.75, 3.05) is 13.1 Å². The Morgan fingerprint density at radius 3 is 2.65 bits per heavy atom. The van der Waals surface area contributed by atoms with Crippen molar-refractivity contribution in [3.8, 4) is 0 Å². The minimum absolute atomic E-state index is 0.224. The first kappa shape index (κ1) is 15.9. The van der Waals surface area contributed by atoms with Gasteiger partial charge in [0.2, 0.25) is 0 Å². The molecule has 1 aliphatic rings. The van der Waals surface area contributed by atoms with Crippen LogP contribution < -0.4 is 5.32 Å². The first-order chi connectivity index (χ1) is 9.45. The lowest BCUT2D eigenvalue weighted by Crippen LogP contribution is -2.35. The van der Waals surface area contributed by atoms with E-state index in [2.05, 4.69) is 19.2 Å². The highest BCUT2D eigenvalue weighted by molar-refractivity contribution is 7.91. The molecule has 0 unspecified atom stereocenters. The molecule has 6 heteroatoms. The van der Waals surface area contributed by atoms with E-state index in [0.717, 1.165) is 30.8 Å². The smallest absolute Gasteiger partial charge is 0.252 e. The second-order valence-electron chi connectivity index (χ2n) is 5.70. The number of thiophene rings is 1. The van der Waals surface area contributed by atoms with Gasteiger partial charge in [0.25, 0.3) is 10.0 Å². The van der Waals surface area contributed by atoms with Gasteiger partial charge in [-0.15, -0.1) is 11.3 Å². The zero-order chi connectivity index (χ0) is 14.8. The molecule has 4 nitrogen and oxygen atoms in total. The second-order valence-corrected chi connectivity index (χ2v) is 8.99. The van der Waals surface area contributed by atoms with Crippen molar-refractivity contribution in [3.63, 3.8) is 0 Å². The minimum Gasteiger partial charge on any atom is -0.312 e. The maximum atomic E-state index is 12.8.